The topological polar surface area (TPSA) is 62.2 Å². The maximum absolute atomic E-state index is 8.84. The molecule has 0 amide bonds. The van der Waals surface area contributed by atoms with Crippen LogP contribution >= 0.6 is 0 Å². The van der Waals surface area contributed by atoms with Gasteiger partial charge in [-0.25, -0.2) is 0 Å². The van der Waals surface area contributed by atoms with Crippen LogP contribution in [0.2, 0.25) is 0 Å². The molecular weight excluding hydrogens is 366 g/mol. The fourth-order valence-electron chi connectivity index (χ4n) is 3.02. The monoisotopic (exact) mass is 393 g/mol. The lowest BCUT2D eigenvalue weighted by atomic mass is 10.1. The highest BCUT2D eigenvalue weighted by atomic mass is 16.5. The van der Waals surface area contributed by atoms with Crippen LogP contribution in [-0.4, -0.2) is 36.6 Å². The van der Waals surface area contributed by atoms with Crippen molar-refractivity contribution >= 4 is 17.1 Å². The normalized spacial score (nSPS) is 10.8. The molecule has 0 saturated carbocycles. The van der Waals surface area contributed by atoms with Crippen LogP contribution in [0.4, 0.5) is 17.1 Å². The first kappa shape index (κ1) is 21.0. The van der Waals surface area contributed by atoms with Crippen molar-refractivity contribution < 1.29 is 19.7 Å². The maximum Gasteiger partial charge on any atom is 0.0718 e. The summed E-state index contributed by atoms with van der Waals surface area (Å²) in [4.78, 5) is 2.19. The Bertz CT molecular complexity index is 782. The van der Waals surface area contributed by atoms with Gasteiger partial charge in [0.2, 0.25) is 0 Å². The van der Waals surface area contributed by atoms with Gasteiger partial charge in [0.15, 0.2) is 0 Å². The van der Waals surface area contributed by atoms with E-state index in [2.05, 4.69) is 41.3 Å². The van der Waals surface area contributed by atoms with Gasteiger partial charge in [-0.15, -0.1) is 0 Å². The van der Waals surface area contributed by atoms with E-state index in [-0.39, 0.29) is 13.2 Å². The molecule has 0 spiro atoms. The summed E-state index contributed by atoms with van der Waals surface area (Å²) >= 11 is 0. The molecule has 0 fully saturated rings. The van der Waals surface area contributed by atoms with Gasteiger partial charge < -0.3 is 24.6 Å². The summed E-state index contributed by atoms with van der Waals surface area (Å²) in [5, 5.41) is 17.7. The van der Waals surface area contributed by atoms with Crippen molar-refractivity contribution in [1.29, 1.82) is 0 Å². The minimum Gasteiger partial charge on any atom is -0.394 e. The SMILES string of the molecule is OCCOCc1ccc(N(c2ccccc2)c2ccc(COCCO)cc2)cc1. The molecular formula is C24H27NO4. The van der Waals surface area contributed by atoms with Gasteiger partial charge in [0.1, 0.15) is 0 Å². The van der Waals surface area contributed by atoms with Crippen LogP contribution in [0.1, 0.15) is 11.1 Å². The summed E-state index contributed by atoms with van der Waals surface area (Å²) in [7, 11) is 0. The number of hydrogen-bond acceptors (Lipinski definition) is 5. The minimum atomic E-state index is 0.0287. The lowest BCUT2D eigenvalue weighted by Crippen LogP contribution is -2.10. The van der Waals surface area contributed by atoms with Gasteiger partial charge in [-0.05, 0) is 47.5 Å². The third-order valence-corrected chi connectivity index (χ3v) is 4.41. The molecule has 2 N–H and O–H groups in total. The zero-order chi connectivity index (χ0) is 20.3. The molecule has 3 rings (SSSR count). The van der Waals surface area contributed by atoms with Gasteiger partial charge in [-0.3, -0.25) is 0 Å². The molecule has 3 aromatic rings. The van der Waals surface area contributed by atoms with E-state index in [0.717, 1.165) is 28.2 Å². The number of aliphatic hydroxyl groups is 2. The van der Waals surface area contributed by atoms with Crippen LogP contribution in [0, 0.1) is 0 Å². The number of benzene rings is 3. The van der Waals surface area contributed by atoms with E-state index in [9.17, 15) is 0 Å². The molecule has 5 nitrogen and oxygen atoms in total. The van der Waals surface area contributed by atoms with Crippen molar-refractivity contribution in [3.63, 3.8) is 0 Å². The van der Waals surface area contributed by atoms with Crippen molar-refractivity contribution in [3.8, 4) is 0 Å². The van der Waals surface area contributed by atoms with Gasteiger partial charge in [0.25, 0.3) is 0 Å². The van der Waals surface area contributed by atoms with Gasteiger partial charge in [0, 0.05) is 17.1 Å². The second-order valence-corrected chi connectivity index (χ2v) is 6.56. The predicted octanol–water partition coefficient (Wildman–Crippen LogP) is 4.17. The second kappa shape index (κ2) is 11.3. The lowest BCUT2D eigenvalue weighted by molar-refractivity contribution is 0.0815. The van der Waals surface area contributed by atoms with Gasteiger partial charge >= 0.3 is 0 Å². The van der Waals surface area contributed by atoms with Crippen LogP contribution in [-0.2, 0) is 22.7 Å². The molecule has 0 bridgehead atoms. The minimum absolute atomic E-state index is 0.0287. The van der Waals surface area contributed by atoms with Crippen molar-refractivity contribution in [2.75, 3.05) is 31.3 Å². The number of hydrogen-bond donors (Lipinski definition) is 2. The summed E-state index contributed by atoms with van der Waals surface area (Å²) in [6.45, 7) is 1.70. The van der Waals surface area contributed by atoms with E-state index in [4.69, 9.17) is 19.7 Å². The Balaban J connectivity index is 1.82. The molecule has 29 heavy (non-hydrogen) atoms. The highest BCUT2D eigenvalue weighted by Gasteiger charge is 2.12. The van der Waals surface area contributed by atoms with Crippen LogP contribution < -0.4 is 4.90 Å². The van der Waals surface area contributed by atoms with E-state index in [0.29, 0.717) is 26.4 Å². The first-order valence-corrected chi connectivity index (χ1v) is 9.72. The van der Waals surface area contributed by atoms with E-state index < -0.39 is 0 Å². The van der Waals surface area contributed by atoms with Gasteiger partial charge in [0.05, 0.1) is 39.6 Å². The Morgan fingerprint density at radius 3 is 1.38 bits per heavy atom. The molecule has 152 valence electrons. The average Bonchev–Trinajstić information content (AvgIpc) is 2.77. The highest BCUT2D eigenvalue weighted by molar-refractivity contribution is 5.76. The van der Waals surface area contributed by atoms with Crippen LogP contribution in [0.15, 0.2) is 78.9 Å². The highest BCUT2D eigenvalue weighted by Crippen LogP contribution is 2.34. The zero-order valence-electron chi connectivity index (χ0n) is 16.4. The first-order chi connectivity index (χ1) is 14.3. The average molecular weight is 393 g/mol. The fraction of sp³-hybridized carbons (Fsp3) is 0.250. The fourth-order valence-corrected chi connectivity index (χ4v) is 3.02. The zero-order valence-corrected chi connectivity index (χ0v) is 16.4. The number of anilines is 3. The van der Waals surface area contributed by atoms with Crippen LogP contribution in [0.25, 0.3) is 0 Å². The Morgan fingerprint density at radius 2 is 0.966 bits per heavy atom. The summed E-state index contributed by atoms with van der Waals surface area (Å²) in [6, 6.07) is 26.7. The Hall–Kier alpha value is -2.70. The summed E-state index contributed by atoms with van der Waals surface area (Å²) in [6.07, 6.45) is 0. The molecule has 0 atom stereocenters. The predicted molar refractivity (Wildman–Crippen MR) is 115 cm³/mol. The van der Waals surface area contributed by atoms with Gasteiger partial charge in [-0.1, -0.05) is 42.5 Å². The van der Waals surface area contributed by atoms with Crippen molar-refractivity contribution in [2.24, 2.45) is 0 Å². The van der Waals surface area contributed by atoms with Crippen molar-refractivity contribution in [3.05, 3.63) is 90.0 Å². The Kier molecular flexibility index (Phi) is 8.22. The molecule has 0 aromatic heterocycles. The molecule has 0 aliphatic rings. The Morgan fingerprint density at radius 1 is 0.552 bits per heavy atom. The molecule has 0 unspecified atom stereocenters. The molecule has 5 heteroatoms. The number of para-hydroxylation sites is 1. The molecule has 0 radical (unpaired) electrons. The molecule has 0 aliphatic carbocycles. The largest absolute Gasteiger partial charge is 0.394 e. The number of aliphatic hydroxyl groups excluding tert-OH is 2. The smallest absolute Gasteiger partial charge is 0.0718 e. The number of ether oxygens (including phenoxy) is 2. The number of nitrogens with zero attached hydrogens (tertiary/aromatic N) is 1. The van der Waals surface area contributed by atoms with E-state index >= 15 is 0 Å². The summed E-state index contributed by atoms with van der Waals surface area (Å²) < 4.78 is 10.8. The van der Waals surface area contributed by atoms with E-state index in [1.54, 1.807) is 0 Å². The molecule has 3 aromatic carbocycles. The summed E-state index contributed by atoms with van der Waals surface area (Å²) in [5.41, 5.74) is 5.29. The van der Waals surface area contributed by atoms with Gasteiger partial charge in [-0.2, -0.15) is 0 Å². The molecule has 0 saturated heterocycles. The quantitative estimate of drug-likeness (QED) is 0.479. The summed E-state index contributed by atoms with van der Waals surface area (Å²) in [5.74, 6) is 0. The van der Waals surface area contributed by atoms with Crippen LogP contribution in [0.3, 0.4) is 0 Å². The molecule has 0 heterocycles. The molecule has 0 aliphatic heterocycles. The lowest BCUT2D eigenvalue weighted by Gasteiger charge is -2.26. The van der Waals surface area contributed by atoms with Crippen molar-refractivity contribution in [2.45, 2.75) is 13.2 Å². The second-order valence-electron chi connectivity index (χ2n) is 6.56. The Labute approximate surface area is 171 Å². The number of rotatable bonds is 11. The maximum atomic E-state index is 8.84. The third-order valence-electron chi connectivity index (χ3n) is 4.41. The van der Waals surface area contributed by atoms with E-state index in [1.807, 2.05) is 42.5 Å². The first-order valence-electron chi connectivity index (χ1n) is 9.72. The third kappa shape index (κ3) is 6.14. The van der Waals surface area contributed by atoms with Crippen molar-refractivity contribution in [1.82, 2.24) is 0 Å². The van der Waals surface area contributed by atoms with E-state index in [1.165, 1.54) is 0 Å². The van der Waals surface area contributed by atoms with Crippen LogP contribution in [0.5, 0.6) is 0 Å². The standard InChI is InChI=1S/C24H27NO4/c26-14-16-28-18-20-6-10-23(11-7-20)25(22-4-2-1-3-5-22)24-12-8-21(9-13-24)19-29-17-15-27/h1-13,26-27H,14-19H2.